The number of fused-ring (bicyclic) bond motifs is 1. The van der Waals surface area contributed by atoms with Gasteiger partial charge in [-0.1, -0.05) is 19.9 Å². The fourth-order valence-corrected chi connectivity index (χ4v) is 1.26. The molecule has 2 aromatic heterocycles. The van der Waals surface area contributed by atoms with E-state index < -0.39 is 6.10 Å². The number of aliphatic hydroxyl groups excluding tert-OH is 1. The van der Waals surface area contributed by atoms with E-state index in [-0.39, 0.29) is 0 Å². The fraction of sp³-hybridized carbons (Fsp3) is 0.364. The van der Waals surface area contributed by atoms with E-state index in [1.165, 1.54) is 0 Å². The van der Waals surface area contributed by atoms with Crippen molar-refractivity contribution in [3.63, 3.8) is 0 Å². The highest BCUT2D eigenvalue weighted by Crippen LogP contribution is 2.13. The molecule has 0 aliphatic heterocycles. The summed E-state index contributed by atoms with van der Waals surface area (Å²) in [4.78, 5) is 4.14. The van der Waals surface area contributed by atoms with Crippen LogP contribution in [0.3, 0.4) is 0 Å². The Morgan fingerprint density at radius 2 is 2.07 bits per heavy atom. The predicted octanol–water partition coefficient (Wildman–Crippen LogP) is 2.41. The highest BCUT2D eigenvalue weighted by Gasteiger charge is 2.06. The second-order valence-electron chi connectivity index (χ2n) is 2.79. The first-order valence-electron chi connectivity index (χ1n) is 4.89. The van der Waals surface area contributed by atoms with Gasteiger partial charge in [0.2, 0.25) is 0 Å². The topological polar surface area (TPSA) is 37.5 Å². The Hall–Kier alpha value is -1.35. The van der Waals surface area contributed by atoms with Crippen molar-refractivity contribution in [2.45, 2.75) is 26.9 Å². The number of aromatic nitrogens is 2. The van der Waals surface area contributed by atoms with Gasteiger partial charge in [0.1, 0.15) is 5.65 Å². The van der Waals surface area contributed by atoms with Crippen LogP contribution in [0.4, 0.5) is 0 Å². The Balaban J connectivity index is 0.000000461. The minimum absolute atomic E-state index is 0.470. The average molecular weight is 192 g/mol. The molecule has 0 spiro atoms. The standard InChI is InChI=1S/C9H10N2O.C2H6/c1-7(12)8-6-10-9-4-2-3-5-11(8)9;1-2/h2-7,12H,1H3;1-2H3. The summed E-state index contributed by atoms with van der Waals surface area (Å²) < 4.78 is 1.88. The van der Waals surface area contributed by atoms with E-state index in [0.29, 0.717) is 0 Å². The van der Waals surface area contributed by atoms with Gasteiger partial charge in [0.15, 0.2) is 0 Å². The van der Waals surface area contributed by atoms with Gasteiger partial charge < -0.3 is 9.51 Å². The predicted molar refractivity (Wildman–Crippen MR) is 57.2 cm³/mol. The molecular formula is C11H16N2O. The molecule has 0 saturated heterocycles. The molecule has 76 valence electrons. The highest BCUT2D eigenvalue weighted by atomic mass is 16.3. The fourth-order valence-electron chi connectivity index (χ4n) is 1.26. The quantitative estimate of drug-likeness (QED) is 0.753. The number of imidazole rings is 1. The van der Waals surface area contributed by atoms with Crippen LogP contribution in [-0.4, -0.2) is 14.5 Å². The summed E-state index contributed by atoms with van der Waals surface area (Å²) in [5, 5.41) is 9.35. The maximum atomic E-state index is 9.35. The van der Waals surface area contributed by atoms with Gasteiger partial charge in [-0.05, 0) is 19.1 Å². The summed E-state index contributed by atoms with van der Waals surface area (Å²) in [6.07, 6.45) is 3.12. The van der Waals surface area contributed by atoms with Crippen LogP contribution in [0.15, 0.2) is 30.6 Å². The zero-order valence-corrected chi connectivity index (χ0v) is 8.81. The molecule has 0 aromatic carbocycles. The molecule has 2 aromatic rings. The largest absolute Gasteiger partial charge is 0.387 e. The Morgan fingerprint density at radius 1 is 1.36 bits per heavy atom. The maximum Gasteiger partial charge on any atom is 0.136 e. The van der Waals surface area contributed by atoms with Crippen LogP contribution in [0.1, 0.15) is 32.6 Å². The summed E-state index contributed by atoms with van der Waals surface area (Å²) in [6.45, 7) is 5.73. The number of rotatable bonds is 1. The summed E-state index contributed by atoms with van der Waals surface area (Å²) in [5.74, 6) is 0. The minimum Gasteiger partial charge on any atom is -0.387 e. The van der Waals surface area contributed by atoms with E-state index in [0.717, 1.165) is 11.3 Å². The van der Waals surface area contributed by atoms with Gasteiger partial charge in [0, 0.05) is 6.20 Å². The van der Waals surface area contributed by atoms with Crippen molar-refractivity contribution in [3.05, 3.63) is 36.3 Å². The zero-order valence-electron chi connectivity index (χ0n) is 8.81. The van der Waals surface area contributed by atoms with Crippen LogP contribution in [0.5, 0.6) is 0 Å². The lowest BCUT2D eigenvalue weighted by Gasteiger charge is -2.02. The van der Waals surface area contributed by atoms with Gasteiger partial charge in [-0.3, -0.25) is 0 Å². The van der Waals surface area contributed by atoms with Gasteiger partial charge in [-0.2, -0.15) is 0 Å². The molecule has 3 heteroatoms. The average Bonchev–Trinajstić information content (AvgIpc) is 2.64. The third kappa shape index (κ3) is 1.93. The van der Waals surface area contributed by atoms with E-state index in [9.17, 15) is 5.11 Å². The van der Waals surface area contributed by atoms with Gasteiger partial charge >= 0.3 is 0 Å². The molecule has 0 aliphatic carbocycles. The number of nitrogens with zero attached hydrogens (tertiary/aromatic N) is 2. The molecule has 0 fully saturated rings. The van der Waals surface area contributed by atoms with Gasteiger partial charge in [-0.15, -0.1) is 0 Å². The van der Waals surface area contributed by atoms with Crippen molar-refractivity contribution < 1.29 is 5.11 Å². The number of hydrogen-bond acceptors (Lipinski definition) is 2. The second kappa shape index (κ2) is 4.77. The molecule has 0 aliphatic rings. The van der Waals surface area contributed by atoms with Crippen LogP contribution in [-0.2, 0) is 0 Å². The highest BCUT2D eigenvalue weighted by molar-refractivity contribution is 5.40. The Labute approximate surface area is 84.0 Å². The lowest BCUT2D eigenvalue weighted by atomic mass is 10.3. The van der Waals surface area contributed by atoms with Crippen molar-refractivity contribution in [1.29, 1.82) is 0 Å². The summed E-state index contributed by atoms with van der Waals surface area (Å²) >= 11 is 0. The molecule has 0 saturated carbocycles. The van der Waals surface area contributed by atoms with Crippen LogP contribution in [0.2, 0.25) is 0 Å². The Morgan fingerprint density at radius 3 is 2.71 bits per heavy atom. The summed E-state index contributed by atoms with van der Waals surface area (Å²) in [6, 6.07) is 5.75. The first-order valence-corrected chi connectivity index (χ1v) is 4.89. The van der Waals surface area contributed by atoms with Crippen LogP contribution in [0.25, 0.3) is 5.65 Å². The maximum absolute atomic E-state index is 9.35. The molecular weight excluding hydrogens is 176 g/mol. The molecule has 1 N–H and O–H groups in total. The number of hydrogen-bond donors (Lipinski definition) is 1. The molecule has 1 unspecified atom stereocenters. The first kappa shape index (κ1) is 10.7. The molecule has 1 atom stereocenters. The molecule has 3 nitrogen and oxygen atoms in total. The number of aliphatic hydroxyl groups is 1. The van der Waals surface area contributed by atoms with Crippen LogP contribution < -0.4 is 0 Å². The third-order valence-corrected chi connectivity index (χ3v) is 1.87. The van der Waals surface area contributed by atoms with Gasteiger partial charge in [-0.25, -0.2) is 4.98 Å². The SMILES string of the molecule is CC.CC(O)c1cnc2ccccn12. The lowest BCUT2D eigenvalue weighted by molar-refractivity contribution is 0.193. The van der Waals surface area contributed by atoms with Crippen LogP contribution in [0, 0.1) is 0 Å². The molecule has 0 amide bonds. The van der Waals surface area contributed by atoms with Crippen molar-refractivity contribution in [2.75, 3.05) is 0 Å². The minimum atomic E-state index is -0.470. The van der Waals surface area contributed by atoms with E-state index in [1.54, 1.807) is 13.1 Å². The van der Waals surface area contributed by atoms with Crippen molar-refractivity contribution in [3.8, 4) is 0 Å². The first-order chi connectivity index (χ1) is 6.79. The summed E-state index contributed by atoms with van der Waals surface area (Å²) in [5.41, 5.74) is 1.69. The molecule has 0 radical (unpaired) electrons. The molecule has 0 bridgehead atoms. The Bertz CT molecular complexity index is 393. The van der Waals surface area contributed by atoms with E-state index in [2.05, 4.69) is 4.98 Å². The van der Waals surface area contributed by atoms with Crippen molar-refractivity contribution >= 4 is 5.65 Å². The van der Waals surface area contributed by atoms with Crippen molar-refractivity contribution in [2.24, 2.45) is 0 Å². The zero-order chi connectivity index (χ0) is 10.6. The van der Waals surface area contributed by atoms with Gasteiger partial charge in [0.05, 0.1) is 18.0 Å². The molecule has 2 heterocycles. The van der Waals surface area contributed by atoms with Crippen molar-refractivity contribution in [1.82, 2.24) is 9.38 Å². The van der Waals surface area contributed by atoms with Crippen LogP contribution >= 0.6 is 0 Å². The van der Waals surface area contributed by atoms with E-state index in [1.807, 2.05) is 42.6 Å². The van der Waals surface area contributed by atoms with Gasteiger partial charge in [0.25, 0.3) is 0 Å². The molecule has 2 rings (SSSR count). The number of pyridine rings is 1. The Kier molecular flexibility index (Phi) is 3.65. The summed E-state index contributed by atoms with van der Waals surface area (Å²) in [7, 11) is 0. The van der Waals surface area contributed by atoms with E-state index >= 15 is 0 Å². The molecule has 14 heavy (non-hydrogen) atoms. The monoisotopic (exact) mass is 192 g/mol. The lowest BCUT2D eigenvalue weighted by Crippen LogP contribution is -1.95. The second-order valence-corrected chi connectivity index (χ2v) is 2.79. The third-order valence-electron chi connectivity index (χ3n) is 1.87. The van der Waals surface area contributed by atoms with E-state index in [4.69, 9.17) is 0 Å². The normalized spacial score (nSPS) is 12.0. The smallest absolute Gasteiger partial charge is 0.136 e.